The third kappa shape index (κ3) is 5.65. The smallest absolute Gasteiger partial charge is 0.236 e. The summed E-state index contributed by atoms with van der Waals surface area (Å²) >= 11 is 0. The lowest BCUT2D eigenvalue weighted by molar-refractivity contribution is -0.136. The van der Waals surface area contributed by atoms with Crippen LogP contribution < -0.4 is 9.80 Å². The quantitative estimate of drug-likeness (QED) is 0.654. The summed E-state index contributed by atoms with van der Waals surface area (Å²) in [6, 6.07) is 10.7. The number of rotatable bonds is 5. The molecule has 182 valence electrons. The fourth-order valence-corrected chi connectivity index (χ4v) is 4.80. The summed E-state index contributed by atoms with van der Waals surface area (Å²) in [7, 11) is 0. The zero-order valence-corrected chi connectivity index (χ0v) is 19.8. The molecule has 0 unspecified atom stereocenters. The highest BCUT2D eigenvalue weighted by Crippen LogP contribution is 2.25. The molecule has 0 N–H and O–H groups in total. The molecule has 4 heterocycles. The summed E-state index contributed by atoms with van der Waals surface area (Å²) in [6.45, 7) is 10.2. The van der Waals surface area contributed by atoms with Gasteiger partial charge in [-0.25, -0.2) is 9.97 Å². The Morgan fingerprint density at radius 1 is 0.794 bits per heavy atom. The molecule has 9 nitrogen and oxygen atoms in total. The van der Waals surface area contributed by atoms with Gasteiger partial charge in [0.05, 0.1) is 38.7 Å². The molecule has 1 aromatic heterocycles. The van der Waals surface area contributed by atoms with Gasteiger partial charge in [-0.15, -0.1) is 0 Å². The number of ether oxygens (including phenoxy) is 2. The van der Waals surface area contributed by atoms with Crippen LogP contribution in [0, 0.1) is 0 Å². The first-order valence-corrected chi connectivity index (χ1v) is 12.3. The zero-order chi connectivity index (χ0) is 23.2. The molecule has 5 rings (SSSR count). The van der Waals surface area contributed by atoms with Gasteiger partial charge in [-0.05, 0) is 18.6 Å². The molecule has 0 atom stereocenters. The van der Waals surface area contributed by atoms with Crippen molar-refractivity contribution in [2.24, 2.45) is 0 Å². The predicted octanol–water partition coefficient (Wildman–Crippen LogP) is 1.35. The minimum Gasteiger partial charge on any atom is -0.378 e. The molecule has 0 radical (unpaired) electrons. The highest BCUT2D eigenvalue weighted by molar-refractivity contribution is 5.78. The highest BCUT2D eigenvalue weighted by Gasteiger charge is 2.22. The van der Waals surface area contributed by atoms with Crippen molar-refractivity contribution in [3.05, 3.63) is 36.7 Å². The van der Waals surface area contributed by atoms with E-state index in [0.29, 0.717) is 32.8 Å². The van der Waals surface area contributed by atoms with E-state index in [0.717, 1.165) is 76.0 Å². The molecule has 1 aromatic carbocycles. The lowest BCUT2D eigenvalue weighted by Crippen LogP contribution is -2.46. The fraction of sp³-hybridized carbons (Fsp3) is 0.560. The molecule has 34 heavy (non-hydrogen) atoms. The Balaban J connectivity index is 1.20. The Kier molecular flexibility index (Phi) is 7.52. The van der Waals surface area contributed by atoms with Crippen LogP contribution in [0.3, 0.4) is 0 Å². The number of nitrogens with zero attached hydrogens (tertiary/aromatic N) is 6. The fourth-order valence-electron chi connectivity index (χ4n) is 4.80. The Morgan fingerprint density at radius 2 is 1.53 bits per heavy atom. The maximum atomic E-state index is 12.6. The average Bonchev–Trinajstić information content (AvgIpc) is 3.15. The van der Waals surface area contributed by atoms with Gasteiger partial charge >= 0.3 is 0 Å². The molecule has 1 amide bonds. The Labute approximate surface area is 201 Å². The van der Waals surface area contributed by atoms with E-state index >= 15 is 0 Å². The van der Waals surface area contributed by atoms with Crippen molar-refractivity contribution in [3.8, 4) is 11.3 Å². The van der Waals surface area contributed by atoms with Crippen molar-refractivity contribution >= 4 is 17.4 Å². The Hall–Kier alpha value is -2.75. The normalized spacial score (nSPS) is 20.3. The molecule has 3 aliphatic heterocycles. The third-order valence-corrected chi connectivity index (χ3v) is 6.83. The summed E-state index contributed by atoms with van der Waals surface area (Å²) < 4.78 is 10.8. The van der Waals surface area contributed by atoms with E-state index in [1.54, 1.807) is 6.33 Å². The van der Waals surface area contributed by atoms with E-state index in [-0.39, 0.29) is 5.91 Å². The minimum absolute atomic E-state index is 0.210. The van der Waals surface area contributed by atoms with E-state index in [2.05, 4.69) is 55.0 Å². The second kappa shape index (κ2) is 11.1. The van der Waals surface area contributed by atoms with Crippen LogP contribution in [0.15, 0.2) is 36.7 Å². The predicted molar refractivity (Wildman–Crippen MR) is 131 cm³/mol. The molecule has 9 heteroatoms. The van der Waals surface area contributed by atoms with E-state index in [1.165, 1.54) is 5.69 Å². The molecular weight excluding hydrogens is 432 g/mol. The largest absolute Gasteiger partial charge is 0.378 e. The Bertz CT molecular complexity index is 944. The summed E-state index contributed by atoms with van der Waals surface area (Å²) in [6.07, 6.45) is 2.66. The molecular formula is C25H34N6O3. The van der Waals surface area contributed by atoms with Crippen LogP contribution in [0.25, 0.3) is 11.3 Å². The molecule has 3 aliphatic rings. The molecule has 3 fully saturated rings. The van der Waals surface area contributed by atoms with E-state index < -0.39 is 0 Å². The summed E-state index contributed by atoms with van der Waals surface area (Å²) in [5.74, 6) is 1.16. The summed E-state index contributed by atoms with van der Waals surface area (Å²) in [4.78, 5) is 30.6. The molecule has 2 aromatic rings. The van der Waals surface area contributed by atoms with Crippen molar-refractivity contribution in [1.29, 1.82) is 0 Å². The Morgan fingerprint density at radius 3 is 2.29 bits per heavy atom. The van der Waals surface area contributed by atoms with Crippen molar-refractivity contribution < 1.29 is 14.3 Å². The van der Waals surface area contributed by atoms with Crippen molar-refractivity contribution in [3.63, 3.8) is 0 Å². The second-order valence-corrected chi connectivity index (χ2v) is 9.02. The van der Waals surface area contributed by atoms with Gasteiger partial charge in [0.2, 0.25) is 5.91 Å². The summed E-state index contributed by atoms with van der Waals surface area (Å²) in [5, 5.41) is 0. The van der Waals surface area contributed by atoms with Crippen molar-refractivity contribution in [2.45, 2.75) is 6.42 Å². The number of hydrogen-bond acceptors (Lipinski definition) is 8. The van der Waals surface area contributed by atoms with Crippen LogP contribution >= 0.6 is 0 Å². The molecule has 0 bridgehead atoms. The van der Waals surface area contributed by atoms with Crippen LogP contribution in [0.4, 0.5) is 11.5 Å². The molecule has 0 spiro atoms. The lowest BCUT2D eigenvalue weighted by atomic mass is 10.1. The van der Waals surface area contributed by atoms with Gasteiger partial charge in [0.15, 0.2) is 0 Å². The number of benzene rings is 1. The average molecular weight is 467 g/mol. The van der Waals surface area contributed by atoms with Gasteiger partial charge in [-0.2, -0.15) is 0 Å². The van der Waals surface area contributed by atoms with Gasteiger partial charge < -0.3 is 24.2 Å². The van der Waals surface area contributed by atoms with Gasteiger partial charge in [0.1, 0.15) is 12.1 Å². The third-order valence-electron chi connectivity index (χ3n) is 6.83. The highest BCUT2D eigenvalue weighted by atomic mass is 16.5. The number of carbonyl (C=O) groups excluding carboxylic acids is 1. The number of hydrogen-bond donors (Lipinski definition) is 0. The molecule has 0 saturated carbocycles. The van der Waals surface area contributed by atoms with Crippen LogP contribution in [0.5, 0.6) is 0 Å². The van der Waals surface area contributed by atoms with E-state index in [1.807, 2.05) is 4.90 Å². The van der Waals surface area contributed by atoms with Crippen LogP contribution in [0.2, 0.25) is 0 Å². The van der Waals surface area contributed by atoms with Crippen LogP contribution in [0.1, 0.15) is 6.42 Å². The maximum Gasteiger partial charge on any atom is 0.236 e. The number of morpholine rings is 2. The first kappa shape index (κ1) is 23.0. The van der Waals surface area contributed by atoms with Gasteiger partial charge in [-0.3, -0.25) is 9.69 Å². The number of carbonyl (C=O) groups is 1. The van der Waals surface area contributed by atoms with Gasteiger partial charge in [-0.1, -0.05) is 12.1 Å². The second-order valence-electron chi connectivity index (χ2n) is 9.02. The maximum absolute atomic E-state index is 12.6. The SMILES string of the molecule is O=C(CN1CCCN(c2cc(-c3ccc(N4CCOCC4)cc3)ncn2)CC1)N1CCOCC1. The van der Waals surface area contributed by atoms with E-state index in [9.17, 15) is 4.79 Å². The van der Waals surface area contributed by atoms with E-state index in [4.69, 9.17) is 9.47 Å². The lowest BCUT2D eigenvalue weighted by Gasteiger charge is -2.29. The first-order chi connectivity index (χ1) is 16.8. The van der Waals surface area contributed by atoms with Crippen molar-refractivity contribution in [2.75, 3.05) is 95.1 Å². The number of amides is 1. The van der Waals surface area contributed by atoms with Crippen LogP contribution in [-0.2, 0) is 14.3 Å². The number of anilines is 2. The molecule has 0 aliphatic carbocycles. The standard InChI is InChI=1S/C25H34N6O3/c32-25(31-12-16-34-17-13-31)19-28-6-1-7-30(9-8-28)24-18-23(26-20-27-24)21-2-4-22(5-3-21)29-10-14-33-15-11-29/h2-5,18,20H,1,6-17,19H2. The first-order valence-electron chi connectivity index (χ1n) is 12.3. The monoisotopic (exact) mass is 466 g/mol. The minimum atomic E-state index is 0.210. The summed E-state index contributed by atoms with van der Waals surface area (Å²) in [5.41, 5.74) is 3.25. The zero-order valence-electron chi connectivity index (χ0n) is 19.8. The van der Waals surface area contributed by atoms with Crippen LogP contribution in [-0.4, -0.2) is 111 Å². The molecule has 3 saturated heterocycles. The topological polar surface area (TPSA) is 74.3 Å². The van der Waals surface area contributed by atoms with Gasteiger partial charge in [0, 0.05) is 69.7 Å². The van der Waals surface area contributed by atoms with Crippen molar-refractivity contribution in [1.82, 2.24) is 19.8 Å². The number of aromatic nitrogens is 2. The van der Waals surface area contributed by atoms with Gasteiger partial charge in [0.25, 0.3) is 0 Å².